The molecule has 1 aromatic rings. The second-order valence-corrected chi connectivity index (χ2v) is 5.09. The third-order valence-corrected chi connectivity index (χ3v) is 4.11. The van der Waals surface area contributed by atoms with Crippen molar-refractivity contribution in [2.45, 2.75) is 0 Å². The Hall–Kier alpha value is -1.26. The molecule has 0 bridgehead atoms. The topological polar surface area (TPSA) is 24.8 Å². The molecule has 1 fully saturated rings. The van der Waals surface area contributed by atoms with E-state index >= 15 is 0 Å². The number of para-hydroxylation sites is 1. The number of fused-ring (bicyclic) bond motifs is 1. The van der Waals surface area contributed by atoms with Crippen LogP contribution in [-0.2, 0) is 4.74 Å². The fourth-order valence-corrected chi connectivity index (χ4v) is 3.19. The van der Waals surface area contributed by atoms with Crippen LogP contribution in [0.3, 0.4) is 0 Å². The highest BCUT2D eigenvalue weighted by molar-refractivity contribution is 8.02. The molecule has 0 unspecified atom stereocenters. The van der Waals surface area contributed by atoms with Gasteiger partial charge in [0.2, 0.25) is 0 Å². The Labute approximate surface area is 112 Å². The van der Waals surface area contributed by atoms with Gasteiger partial charge in [0, 0.05) is 30.4 Å². The first kappa shape index (κ1) is 11.8. The molecule has 3 rings (SSSR count). The van der Waals surface area contributed by atoms with Crippen LogP contribution >= 0.6 is 11.8 Å². The van der Waals surface area contributed by atoms with E-state index in [1.807, 2.05) is 12.3 Å². The van der Waals surface area contributed by atoms with Crippen molar-refractivity contribution in [2.75, 3.05) is 32.6 Å². The molecule has 0 spiro atoms. The van der Waals surface area contributed by atoms with E-state index in [0.29, 0.717) is 0 Å². The molecule has 94 valence electrons. The van der Waals surface area contributed by atoms with Gasteiger partial charge >= 0.3 is 0 Å². The van der Waals surface area contributed by atoms with Gasteiger partial charge in [0.15, 0.2) is 0 Å². The van der Waals surface area contributed by atoms with Gasteiger partial charge in [-0.3, -0.25) is 4.99 Å². The van der Waals surface area contributed by atoms with Gasteiger partial charge in [0.05, 0.1) is 23.9 Å². The van der Waals surface area contributed by atoms with Crippen molar-refractivity contribution in [3.63, 3.8) is 0 Å². The lowest BCUT2D eigenvalue weighted by Gasteiger charge is -2.31. The molecule has 0 radical (unpaired) electrons. The Morgan fingerprint density at radius 1 is 1.28 bits per heavy atom. The van der Waals surface area contributed by atoms with Gasteiger partial charge in [-0.15, -0.1) is 11.8 Å². The van der Waals surface area contributed by atoms with E-state index in [1.54, 1.807) is 11.8 Å². The molecule has 4 heteroatoms. The number of aliphatic imine (C=N–C) groups is 1. The number of nitrogens with zero attached hydrogens (tertiary/aromatic N) is 2. The summed E-state index contributed by atoms with van der Waals surface area (Å²) in [4.78, 5) is 6.89. The molecule has 0 saturated carbocycles. The first-order valence-electron chi connectivity index (χ1n) is 6.14. The van der Waals surface area contributed by atoms with E-state index in [4.69, 9.17) is 4.74 Å². The summed E-state index contributed by atoms with van der Waals surface area (Å²) < 4.78 is 5.42. The molecular formula is C14H16N2OS. The van der Waals surface area contributed by atoms with E-state index in [2.05, 4.69) is 34.3 Å². The third kappa shape index (κ3) is 2.06. The largest absolute Gasteiger partial charge is 0.378 e. The van der Waals surface area contributed by atoms with Gasteiger partial charge in [-0.05, 0) is 12.3 Å². The van der Waals surface area contributed by atoms with Gasteiger partial charge in [-0.2, -0.15) is 0 Å². The van der Waals surface area contributed by atoms with Crippen LogP contribution < -0.4 is 0 Å². The Morgan fingerprint density at radius 2 is 2.06 bits per heavy atom. The van der Waals surface area contributed by atoms with Gasteiger partial charge in [0.25, 0.3) is 0 Å². The highest BCUT2D eigenvalue weighted by Gasteiger charge is 2.21. The smallest absolute Gasteiger partial charge is 0.0802 e. The van der Waals surface area contributed by atoms with E-state index in [9.17, 15) is 0 Å². The van der Waals surface area contributed by atoms with E-state index < -0.39 is 0 Å². The van der Waals surface area contributed by atoms with Crippen molar-refractivity contribution in [1.82, 2.24) is 4.90 Å². The van der Waals surface area contributed by atoms with Crippen molar-refractivity contribution in [2.24, 2.45) is 4.99 Å². The number of thioether (sulfide) groups is 1. The molecule has 0 amide bonds. The van der Waals surface area contributed by atoms with Crippen LogP contribution in [0, 0.1) is 0 Å². The number of ether oxygens (including phenoxy) is 1. The molecule has 0 N–H and O–H groups in total. The summed E-state index contributed by atoms with van der Waals surface area (Å²) in [6.45, 7) is 3.57. The predicted octanol–water partition coefficient (Wildman–Crippen LogP) is 2.77. The molecule has 18 heavy (non-hydrogen) atoms. The van der Waals surface area contributed by atoms with E-state index in [0.717, 1.165) is 32.0 Å². The SMILES string of the molecule is CS/C(=C1/C=Nc2ccccc21)N1CCOCC1. The van der Waals surface area contributed by atoms with Crippen LogP contribution in [0.15, 0.2) is 34.3 Å². The number of morpholine rings is 1. The Morgan fingerprint density at radius 3 is 2.83 bits per heavy atom. The lowest BCUT2D eigenvalue weighted by molar-refractivity contribution is 0.0580. The molecule has 1 aromatic carbocycles. The Balaban J connectivity index is 2.00. The van der Waals surface area contributed by atoms with Crippen molar-refractivity contribution < 1.29 is 4.74 Å². The van der Waals surface area contributed by atoms with Crippen molar-refractivity contribution in [3.8, 4) is 0 Å². The Kier molecular flexibility index (Phi) is 3.39. The average Bonchev–Trinajstić information content (AvgIpc) is 2.85. The average molecular weight is 260 g/mol. The summed E-state index contributed by atoms with van der Waals surface area (Å²) in [5, 5.41) is 1.31. The minimum absolute atomic E-state index is 0.816. The Bertz CT molecular complexity index is 504. The van der Waals surface area contributed by atoms with Gasteiger partial charge in [-0.25, -0.2) is 0 Å². The number of benzene rings is 1. The lowest BCUT2D eigenvalue weighted by Crippen LogP contribution is -2.35. The van der Waals surface area contributed by atoms with E-state index in [-0.39, 0.29) is 0 Å². The van der Waals surface area contributed by atoms with Gasteiger partial charge in [-0.1, -0.05) is 18.2 Å². The lowest BCUT2D eigenvalue weighted by atomic mass is 10.1. The summed E-state index contributed by atoms with van der Waals surface area (Å²) in [7, 11) is 0. The number of hydrogen-bond acceptors (Lipinski definition) is 4. The molecule has 2 aliphatic rings. The second kappa shape index (κ2) is 5.16. The maximum absolute atomic E-state index is 5.42. The molecule has 0 atom stereocenters. The summed E-state index contributed by atoms with van der Waals surface area (Å²) in [6.07, 6.45) is 4.12. The summed E-state index contributed by atoms with van der Waals surface area (Å²) in [6, 6.07) is 8.32. The minimum atomic E-state index is 0.816. The maximum atomic E-state index is 5.42. The molecule has 0 aromatic heterocycles. The standard InChI is InChI=1S/C14H16N2OS/c1-18-14(16-6-8-17-9-7-16)12-10-15-13-5-3-2-4-11(12)13/h2-5,10H,6-9H2,1H3/b14-12-. The quantitative estimate of drug-likeness (QED) is 0.817. The first-order valence-corrected chi connectivity index (χ1v) is 7.37. The van der Waals surface area contributed by atoms with Gasteiger partial charge in [0.1, 0.15) is 0 Å². The first-order chi connectivity index (χ1) is 8.90. The maximum Gasteiger partial charge on any atom is 0.0802 e. The zero-order valence-corrected chi connectivity index (χ0v) is 11.2. The predicted molar refractivity (Wildman–Crippen MR) is 77.4 cm³/mol. The molecule has 3 nitrogen and oxygen atoms in total. The van der Waals surface area contributed by atoms with Crippen LogP contribution in [0.1, 0.15) is 5.56 Å². The monoisotopic (exact) mass is 260 g/mol. The van der Waals surface area contributed by atoms with Crippen molar-refractivity contribution >= 4 is 29.2 Å². The highest BCUT2D eigenvalue weighted by atomic mass is 32.2. The van der Waals surface area contributed by atoms with Crippen LogP contribution in [0.5, 0.6) is 0 Å². The number of allylic oxidation sites excluding steroid dienone is 1. The molecule has 2 heterocycles. The zero-order chi connectivity index (χ0) is 12.4. The van der Waals surface area contributed by atoms with Crippen LogP contribution in [0.2, 0.25) is 0 Å². The second-order valence-electron chi connectivity index (χ2n) is 4.30. The van der Waals surface area contributed by atoms with Gasteiger partial charge < -0.3 is 9.64 Å². The minimum Gasteiger partial charge on any atom is -0.378 e. The fraction of sp³-hybridized carbons (Fsp3) is 0.357. The molecule has 0 aliphatic carbocycles. The molecule has 2 aliphatic heterocycles. The third-order valence-electron chi connectivity index (χ3n) is 3.25. The van der Waals surface area contributed by atoms with Crippen molar-refractivity contribution in [1.29, 1.82) is 0 Å². The molecule has 1 saturated heterocycles. The van der Waals surface area contributed by atoms with Crippen LogP contribution in [0.4, 0.5) is 5.69 Å². The fourth-order valence-electron chi connectivity index (χ4n) is 2.36. The highest BCUT2D eigenvalue weighted by Crippen LogP contribution is 2.36. The van der Waals surface area contributed by atoms with Crippen LogP contribution in [-0.4, -0.2) is 43.7 Å². The van der Waals surface area contributed by atoms with Crippen LogP contribution in [0.25, 0.3) is 5.57 Å². The number of hydrogen-bond donors (Lipinski definition) is 0. The summed E-state index contributed by atoms with van der Waals surface area (Å²) in [5.41, 5.74) is 3.57. The molecular weight excluding hydrogens is 244 g/mol. The van der Waals surface area contributed by atoms with Crippen molar-refractivity contribution in [3.05, 3.63) is 34.9 Å². The summed E-state index contributed by atoms with van der Waals surface area (Å²) in [5.74, 6) is 0. The van der Waals surface area contributed by atoms with E-state index in [1.165, 1.54) is 16.2 Å². The zero-order valence-electron chi connectivity index (χ0n) is 10.4. The number of rotatable bonds is 2. The summed E-state index contributed by atoms with van der Waals surface area (Å²) >= 11 is 1.80. The normalized spacial score (nSPS) is 21.1.